The second-order valence-electron chi connectivity index (χ2n) is 8.53. The molecule has 142 valence electrons. The quantitative estimate of drug-likeness (QED) is 0.499. The van der Waals surface area contributed by atoms with Gasteiger partial charge in [-0.1, -0.05) is 18.2 Å². The lowest BCUT2D eigenvalue weighted by molar-refractivity contribution is 0.00616. The summed E-state index contributed by atoms with van der Waals surface area (Å²) in [5.74, 6) is -0.472. The predicted octanol–water partition coefficient (Wildman–Crippen LogP) is 5.57. The van der Waals surface area contributed by atoms with E-state index >= 15 is 0 Å². The van der Waals surface area contributed by atoms with Crippen molar-refractivity contribution in [3.05, 3.63) is 46.7 Å². The molecule has 2 aromatic heterocycles. The Morgan fingerprint density at radius 3 is 2.30 bits per heavy atom. The van der Waals surface area contributed by atoms with E-state index in [4.69, 9.17) is 4.74 Å². The van der Waals surface area contributed by atoms with Crippen LogP contribution in [0.15, 0.2) is 41.0 Å². The molecular weight excluding hydrogens is 406 g/mol. The minimum atomic E-state index is -0.567. The molecule has 0 unspecified atom stereocenters. The second kappa shape index (κ2) is 6.75. The zero-order valence-corrected chi connectivity index (χ0v) is 18.1. The molecule has 0 aliphatic carbocycles. The Kier molecular flexibility index (Phi) is 4.89. The number of aromatic nitrogens is 3. The molecule has 6 heteroatoms. The number of halogens is 1. The summed E-state index contributed by atoms with van der Waals surface area (Å²) in [5.41, 5.74) is 2.30. The molecule has 0 atom stereocenters. The van der Waals surface area contributed by atoms with E-state index in [9.17, 15) is 4.79 Å². The van der Waals surface area contributed by atoms with Gasteiger partial charge >= 0.3 is 5.97 Å². The maximum absolute atomic E-state index is 12.2. The summed E-state index contributed by atoms with van der Waals surface area (Å²) in [6.45, 7) is 12.0. The van der Waals surface area contributed by atoms with Crippen molar-refractivity contribution < 1.29 is 9.53 Å². The number of para-hydroxylation sites is 1. The zero-order chi connectivity index (χ0) is 20.0. The van der Waals surface area contributed by atoms with E-state index in [0.717, 1.165) is 20.9 Å². The van der Waals surface area contributed by atoms with E-state index in [1.54, 1.807) is 6.07 Å². The molecule has 0 saturated heterocycles. The maximum atomic E-state index is 12.2. The average Bonchev–Trinajstić information content (AvgIpc) is 2.91. The van der Waals surface area contributed by atoms with Crippen LogP contribution in [0, 0.1) is 0 Å². The van der Waals surface area contributed by atoms with Gasteiger partial charge in [0.1, 0.15) is 5.60 Å². The Labute approximate surface area is 167 Å². The van der Waals surface area contributed by atoms with Gasteiger partial charge in [-0.25, -0.2) is 4.79 Å². The minimum Gasteiger partial charge on any atom is -0.455 e. The molecule has 27 heavy (non-hydrogen) atoms. The van der Waals surface area contributed by atoms with Crippen molar-refractivity contribution in [3.63, 3.8) is 0 Å². The first-order valence-electron chi connectivity index (χ1n) is 8.85. The van der Waals surface area contributed by atoms with Crippen LogP contribution in [0.2, 0.25) is 0 Å². The van der Waals surface area contributed by atoms with Crippen LogP contribution in [0.1, 0.15) is 52.0 Å². The van der Waals surface area contributed by atoms with Crippen LogP contribution in [0.5, 0.6) is 0 Å². The number of esters is 1. The molecular formula is C21H24BrN3O2. The molecule has 3 rings (SSSR count). The molecule has 2 heterocycles. The summed E-state index contributed by atoms with van der Waals surface area (Å²) >= 11 is 3.66. The molecule has 0 fully saturated rings. The van der Waals surface area contributed by atoms with Gasteiger partial charge in [0.15, 0.2) is 5.69 Å². The molecule has 0 aliphatic heterocycles. The van der Waals surface area contributed by atoms with Crippen LogP contribution >= 0.6 is 15.9 Å². The molecule has 0 saturated carbocycles. The normalized spacial score (nSPS) is 12.4. The number of hydrogen-bond acceptors (Lipinski definition) is 4. The van der Waals surface area contributed by atoms with Gasteiger partial charge < -0.3 is 9.30 Å². The van der Waals surface area contributed by atoms with Crippen LogP contribution < -0.4 is 0 Å². The summed E-state index contributed by atoms with van der Waals surface area (Å²) < 4.78 is 8.62. The lowest BCUT2D eigenvalue weighted by Crippen LogP contribution is -2.24. The second-order valence-corrected chi connectivity index (χ2v) is 9.38. The number of ether oxygens (including phenoxy) is 1. The van der Waals surface area contributed by atoms with Crippen molar-refractivity contribution in [2.24, 2.45) is 0 Å². The van der Waals surface area contributed by atoms with Crippen molar-refractivity contribution in [2.75, 3.05) is 0 Å². The zero-order valence-electron chi connectivity index (χ0n) is 16.5. The van der Waals surface area contributed by atoms with Crippen LogP contribution in [0.4, 0.5) is 0 Å². The number of carbonyl (C=O) groups excluding carboxylic acids is 1. The third kappa shape index (κ3) is 4.05. The molecule has 0 N–H and O–H groups in total. The number of fused-ring (bicyclic) bond motifs is 1. The lowest BCUT2D eigenvalue weighted by Gasteiger charge is -2.23. The fourth-order valence-electron chi connectivity index (χ4n) is 2.89. The van der Waals surface area contributed by atoms with E-state index in [0.29, 0.717) is 5.69 Å². The molecule has 1 aromatic carbocycles. The van der Waals surface area contributed by atoms with Gasteiger partial charge in [-0.2, -0.15) is 0 Å². The largest absolute Gasteiger partial charge is 0.455 e. The van der Waals surface area contributed by atoms with Gasteiger partial charge in [-0.3, -0.25) is 0 Å². The van der Waals surface area contributed by atoms with E-state index < -0.39 is 11.6 Å². The molecule has 0 spiro atoms. The Balaban J connectivity index is 2.07. The van der Waals surface area contributed by atoms with Crippen LogP contribution in [0.3, 0.4) is 0 Å². The van der Waals surface area contributed by atoms with Crippen LogP contribution in [-0.2, 0) is 10.3 Å². The monoisotopic (exact) mass is 429 g/mol. The standard InChI is InChI=1S/C21H24BrN3O2/c1-20(2,3)25-12-15(22)13-8-7-9-14(18(13)25)16-10-11-17(24-23-16)19(26)27-21(4,5)6/h7-12H,1-6H3. The van der Waals surface area contributed by atoms with Crippen molar-refractivity contribution in [2.45, 2.75) is 52.7 Å². The number of rotatable bonds is 2. The third-order valence-corrected chi connectivity index (χ3v) is 4.68. The number of nitrogens with zero attached hydrogens (tertiary/aromatic N) is 3. The van der Waals surface area contributed by atoms with E-state index in [1.807, 2.05) is 39.0 Å². The highest BCUT2D eigenvalue weighted by Gasteiger charge is 2.22. The van der Waals surface area contributed by atoms with Gasteiger partial charge in [0, 0.05) is 27.2 Å². The molecule has 0 bridgehead atoms. The SMILES string of the molecule is CC(C)(C)OC(=O)c1ccc(-c2cccc3c(Br)cn(C(C)(C)C)c23)nn1. The first kappa shape index (κ1) is 19.5. The molecule has 0 amide bonds. The highest BCUT2D eigenvalue weighted by molar-refractivity contribution is 9.10. The predicted molar refractivity (Wildman–Crippen MR) is 111 cm³/mol. The number of hydrogen-bond donors (Lipinski definition) is 0. The van der Waals surface area contributed by atoms with E-state index in [1.165, 1.54) is 0 Å². The summed E-state index contributed by atoms with van der Waals surface area (Å²) in [6.07, 6.45) is 2.09. The van der Waals surface area contributed by atoms with Gasteiger partial charge in [-0.15, -0.1) is 10.2 Å². The van der Waals surface area contributed by atoms with Gasteiger partial charge in [0.2, 0.25) is 0 Å². The van der Waals surface area contributed by atoms with Gasteiger partial charge in [0.25, 0.3) is 0 Å². The number of benzene rings is 1. The summed E-state index contributed by atoms with van der Waals surface area (Å²) in [5, 5.41) is 9.51. The van der Waals surface area contributed by atoms with Crippen molar-refractivity contribution >= 4 is 32.8 Å². The van der Waals surface area contributed by atoms with E-state index in [2.05, 4.69) is 63.7 Å². The van der Waals surface area contributed by atoms with Crippen molar-refractivity contribution in [1.29, 1.82) is 0 Å². The van der Waals surface area contributed by atoms with Crippen LogP contribution in [-0.4, -0.2) is 26.3 Å². The van der Waals surface area contributed by atoms with Crippen molar-refractivity contribution in [3.8, 4) is 11.3 Å². The fourth-order valence-corrected chi connectivity index (χ4v) is 3.42. The van der Waals surface area contributed by atoms with Gasteiger partial charge in [0.05, 0.1) is 11.2 Å². The maximum Gasteiger partial charge on any atom is 0.359 e. The molecule has 3 aromatic rings. The Morgan fingerprint density at radius 1 is 1.04 bits per heavy atom. The minimum absolute atomic E-state index is 0.0930. The molecule has 5 nitrogen and oxygen atoms in total. The number of carbonyl (C=O) groups is 1. The molecule has 0 radical (unpaired) electrons. The Hall–Kier alpha value is -2.21. The lowest BCUT2D eigenvalue weighted by atomic mass is 10.0. The first-order chi connectivity index (χ1) is 12.5. The summed E-state index contributed by atoms with van der Waals surface area (Å²) in [4.78, 5) is 12.2. The van der Waals surface area contributed by atoms with Crippen molar-refractivity contribution in [1.82, 2.24) is 14.8 Å². The summed E-state index contributed by atoms with van der Waals surface area (Å²) in [6, 6.07) is 9.57. The van der Waals surface area contributed by atoms with E-state index in [-0.39, 0.29) is 11.2 Å². The average molecular weight is 430 g/mol. The Bertz CT molecular complexity index is 993. The fraction of sp³-hybridized carbons (Fsp3) is 0.381. The topological polar surface area (TPSA) is 57.0 Å². The van der Waals surface area contributed by atoms with Gasteiger partial charge in [-0.05, 0) is 69.6 Å². The summed E-state index contributed by atoms with van der Waals surface area (Å²) in [7, 11) is 0. The first-order valence-corrected chi connectivity index (χ1v) is 9.64. The molecule has 0 aliphatic rings. The highest BCUT2D eigenvalue weighted by Crippen LogP contribution is 2.36. The van der Waals surface area contributed by atoms with Crippen LogP contribution in [0.25, 0.3) is 22.2 Å². The smallest absolute Gasteiger partial charge is 0.359 e. The highest BCUT2D eigenvalue weighted by atomic mass is 79.9. The third-order valence-electron chi connectivity index (χ3n) is 4.05. The Morgan fingerprint density at radius 2 is 1.74 bits per heavy atom.